The smallest absolute Gasteiger partial charge is 0.260 e. The molecule has 4 rings (SSSR count). The van der Waals surface area contributed by atoms with Gasteiger partial charge in [-0.1, -0.05) is 6.07 Å². The van der Waals surface area contributed by atoms with Crippen molar-refractivity contribution in [2.24, 2.45) is 0 Å². The molecule has 2 heterocycles. The minimum Gasteiger partial charge on any atom is -0.493 e. The third kappa shape index (κ3) is 2.15. The molecule has 1 amide bonds. The fourth-order valence-corrected chi connectivity index (χ4v) is 2.91. The Balaban J connectivity index is 1.79. The van der Waals surface area contributed by atoms with Crippen molar-refractivity contribution in [3.63, 3.8) is 0 Å². The first kappa shape index (κ1) is 14.4. The van der Waals surface area contributed by atoms with E-state index in [-0.39, 0.29) is 12.7 Å². The van der Waals surface area contributed by atoms with Crippen molar-refractivity contribution in [2.75, 3.05) is 21.0 Å². The first-order valence-electron chi connectivity index (χ1n) is 7.39. The van der Waals surface area contributed by atoms with Gasteiger partial charge in [-0.2, -0.15) is 0 Å². The number of amides is 1. The predicted molar refractivity (Wildman–Crippen MR) is 87.4 cm³/mol. The molecule has 2 aliphatic rings. The topological polar surface area (TPSA) is 66.0 Å². The minimum atomic E-state index is -0.215. The van der Waals surface area contributed by atoms with Gasteiger partial charge >= 0.3 is 0 Å². The van der Waals surface area contributed by atoms with Crippen molar-refractivity contribution >= 4 is 17.7 Å². The van der Waals surface area contributed by atoms with Gasteiger partial charge in [0.25, 0.3) is 5.91 Å². The van der Waals surface area contributed by atoms with E-state index in [1.54, 1.807) is 13.2 Å². The zero-order valence-corrected chi connectivity index (χ0v) is 13.2. The first-order chi connectivity index (χ1) is 11.7. The molecule has 6 nitrogen and oxygen atoms in total. The zero-order chi connectivity index (χ0) is 16.7. The number of carbonyl (C=O) groups is 1. The monoisotopic (exact) mass is 325 g/mol. The van der Waals surface area contributed by atoms with Gasteiger partial charge in [-0.3, -0.25) is 4.79 Å². The van der Waals surface area contributed by atoms with Crippen molar-refractivity contribution in [3.8, 4) is 23.0 Å². The molecule has 0 saturated carbocycles. The Morgan fingerprint density at radius 1 is 1.08 bits per heavy atom. The van der Waals surface area contributed by atoms with Crippen LogP contribution in [0.1, 0.15) is 21.5 Å². The maximum absolute atomic E-state index is 12.4. The maximum atomic E-state index is 12.4. The van der Waals surface area contributed by atoms with E-state index in [0.717, 1.165) is 16.9 Å². The molecule has 0 aliphatic carbocycles. The highest BCUT2D eigenvalue weighted by molar-refractivity contribution is 6.14. The second kappa shape index (κ2) is 5.49. The van der Waals surface area contributed by atoms with Gasteiger partial charge in [-0.25, -0.2) is 0 Å². The number of nitrogens with one attached hydrogen (secondary N) is 1. The van der Waals surface area contributed by atoms with Crippen LogP contribution in [-0.2, 0) is 0 Å². The summed E-state index contributed by atoms with van der Waals surface area (Å²) in [5, 5.41) is 2.88. The Morgan fingerprint density at radius 2 is 1.92 bits per heavy atom. The Kier molecular flexibility index (Phi) is 3.30. The van der Waals surface area contributed by atoms with Gasteiger partial charge in [0.2, 0.25) is 6.79 Å². The molecule has 0 unspecified atom stereocenters. The Hall–Kier alpha value is -3.15. The number of benzene rings is 2. The molecule has 122 valence electrons. The van der Waals surface area contributed by atoms with E-state index in [2.05, 4.69) is 5.32 Å². The molecule has 2 aromatic rings. The van der Waals surface area contributed by atoms with E-state index >= 15 is 0 Å². The van der Waals surface area contributed by atoms with Gasteiger partial charge in [0, 0.05) is 11.3 Å². The number of hydrogen-bond acceptors (Lipinski definition) is 5. The standard InChI is InChI=1S/C18H15NO5/c1-21-14-6-4-11-12(19-18(20)16(11)17(14)22-2)7-10-3-5-13-15(8-10)24-9-23-13/h3-8H,9H2,1-2H3,(H,19,20)/b12-7+. The fourth-order valence-electron chi connectivity index (χ4n) is 2.91. The molecule has 2 aromatic carbocycles. The molecule has 0 atom stereocenters. The summed E-state index contributed by atoms with van der Waals surface area (Å²) >= 11 is 0. The number of methoxy groups -OCH3 is 2. The number of fused-ring (bicyclic) bond motifs is 2. The lowest BCUT2D eigenvalue weighted by Gasteiger charge is -2.10. The second-order valence-corrected chi connectivity index (χ2v) is 5.35. The molecule has 6 heteroatoms. The van der Waals surface area contributed by atoms with Crippen LogP contribution >= 0.6 is 0 Å². The molecule has 1 N–H and O–H groups in total. The van der Waals surface area contributed by atoms with Crippen molar-refractivity contribution in [3.05, 3.63) is 47.0 Å². The number of ether oxygens (including phenoxy) is 4. The lowest BCUT2D eigenvalue weighted by Crippen LogP contribution is -2.13. The molecule has 0 spiro atoms. The van der Waals surface area contributed by atoms with Crippen LogP contribution in [0.25, 0.3) is 11.8 Å². The minimum absolute atomic E-state index is 0.215. The summed E-state index contributed by atoms with van der Waals surface area (Å²) in [5.74, 6) is 2.16. The Morgan fingerprint density at radius 3 is 2.71 bits per heavy atom. The van der Waals surface area contributed by atoms with E-state index < -0.39 is 0 Å². The average Bonchev–Trinajstić information content (AvgIpc) is 3.18. The Bertz CT molecular complexity index is 872. The van der Waals surface area contributed by atoms with Crippen LogP contribution < -0.4 is 24.3 Å². The molecule has 0 fully saturated rings. The SMILES string of the molecule is COc1ccc2c(c1OC)C(=O)N/C2=C/c1ccc2c(c1)OCO2. The quantitative estimate of drug-likeness (QED) is 0.940. The molecular weight excluding hydrogens is 310 g/mol. The molecule has 0 aromatic heterocycles. The number of rotatable bonds is 3. The third-order valence-electron chi connectivity index (χ3n) is 4.02. The summed E-state index contributed by atoms with van der Waals surface area (Å²) in [4.78, 5) is 12.4. The summed E-state index contributed by atoms with van der Waals surface area (Å²) < 4.78 is 21.3. The highest BCUT2D eigenvalue weighted by Gasteiger charge is 2.30. The molecule has 0 bridgehead atoms. The first-order valence-corrected chi connectivity index (χ1v) is 7.39. The van der Waals surface area contributed by atoms with Crippen LogP contribution in [-0.4, -0.2) is 26.9 Å². The normalized spacial score (nSPS) is 16.1. The molecule has 0 radical (unpaired) electrons. The third-order valence-corrected chi connectivity index (χ3v) is 4.02. The van der Waals surface area contributed by atoms with E-state index in [0.29, 0.717) is 28.5 Å². The summed E-state index contributed by atoms with van der Waals surface area (Å²) in [5.41, 5.74) is 2.85. The second-order valence-electron chi connectivity index (χ2n) is 5.35. The molecule has 24 heavy (non-hydrogen) atoms. The van der Waals surface area contributed by atoms with Crippen LogP contribution in [0.2, 0.25) is 0 Å². The van der Waals surface area contributed by atoms with Gasteiger partial charge in [0.05, 0.1) is 19.8 Å². The van der Waals surface area contributed by atoms with Gasteiger partial charge in [0.15, 0.2) is 23.0 Å². The van der Waals surface area contributed by atoms with Crippen LogP contribution in [0.15, 0.2) is 30.3 Å². The van der Waals surface area contributed by atoms with E-state index in [4.69, 9.17) is 18.9 Å². The summed E-state index contributed by atoms with van der Waals surface area (Å²) in [6, 6.07) is 9.26. The predicted octanol–water partition coefficient (Wildman–Crippen LogP) is 2.67. The van der Waals surface area contributed by atoms with Crippen LogP contribution in [0.3, 0.4) is 0 Å². The van der Waals surface area contributed by atoms with Crippen molar-refractivity contribution in [2.45, 2.75) is 0 Å². The Labute approximate surface area is 138 Å². The van der Waals surface area contributed by atoms with Crippen LogP contribution in [0, 0.1) is 0 Å². The summed E-state index contributed by atoms with van der Waals surface area (Å²) in [6.07, 6.45) is 1.89. The molecular formula is C18H15NO5. The van der Waals surface area contributed by atoms with Crippen LogP contribution in [0.4, 0.5) is 0 Å². The van der Waals surface area contributed by atoms with E-state index in [9.17, 15) is 4.79 Å². The maximum Gasteiger partial charge on any atom is 0.260 e. The van der Waals surface area contributed by atoms with E-state index in [1.165, 1.54) is 7.11 Å². The zero-order valence-electron chi connectivity index (χ0n) is 13.2. The summed E-state index contributed by atoms with van der Waals surface area (Å²) in [6.45, 7) is 0.228. The lowest BCUT2D eigenvalue weighted by molar-refractivity contribution is 0.0977. The van der Waals surface area contributed by atoms with Gasteiger partial charge in [0.1, 0.15) is 0 Å². The lowest BCUT2D eigenvalue weighted by atomic mass is 10.0. The molecule has 0 saturated heterocycles. The molecule has 2 aliphatic heterocycles. The van der Waals surface area contributed by atoms with E-state index in [1.807, 2.05) is 30.3 Å². The largest absolute Gasteiger partial charge is 0.493 e. The van der Waals surface area contributed by atoms with Crippen molar-refractivity contribution < 1.29 is 23.7 Å². The van der Waals surface area contributed by atoms with Crippen molar-refractivity contribution in [1.82, 2.24) is 5.32 Å². The average molecular weight is 325 g/mol. The number of carbonyl (C=O) groups excluding carboxylic acids is 1. The van der Waals surface area contributed by atoms with Crippen molar-refractivity contribution in [1.29, 1.82) is 0 Å². The highest BCUT2D eigenvalue weighted by Crippen LogP contribution is 2.40. The van der Waals surface area contributed by atoms with Gasteiger partial charge in [-0.15, -0.1) is 0 Å². The van der Waals surface area contributed by atoms with Gasteiger partial charge < -0.3 is 24.3 Å². The van der Waals surface area contributed by atoms with Gasteiger partial charge in [-0.05, 0) is 35.9 Å². The highest BCUT2D eigenvalue weighted by atomic mass is 16.7. The summed E-state index contributed by atoms with van der Waals surface area (Å²) in [7, 11) is 3.06. The van der Waals surface area contributed by atoms with Crippen LogP contribution in [0.5, 0.6) is 23.0 Å². The number of hydrogen-bond donors (Lipinski definition) is 1. The fraction of sp³-hybridized carbons (Fsp3) is 0.167.